The van der Waals surface area contributed by atoms with E-state index in [0.717, 1.165) is 23.7 Å². The van der Waals surface area contributed by atoms with E-state index in [1.807, 2.05) is 16.8 Å². The van der Waals surface area contributed by atoms with Gasteiger partial charge in [0.1, 0.15) is 5.69 Å². The Morgan fingerprint density at radius 1 is 1.31 bits per heavy atom. The summed E-state index contributed by atoms with van der Waals surface area (Å²) in [5.74, 6) is 2.59. The van der Waals surface area contributed by atoms with Crippen molar-refractivity contribution in [1.29, 1.82) is 0 Å². The quantitative estimate of drug-likeness (QED) is 0.826. The van der Waals surface area contributed by atoms with Crippen LogP contribution in [0.3, 0.4) is 0 Å². The van der Waals surface area contributed by atoms with E-state index in [-0.39, 0.29) is 0 Å². The Morgan fingerprint density at radius 3 is 2.62 bits per heavy atom. The number of hydrogen-bond donors (Lipinski definition) is 1. The number of fused-ring (bicyclic) bond motifs is 5. The molecule has 0 radical (unpaired) electrons. The van der Waals surface area contributed by atoms with Crippen LogP contribution in [0.1, 0.15) is 35.8 Å². The van der Waals surface area contributed by atoms with Gasteiger partial charge in [0.2, 0.25) is 0 Å². The molecule has 4 unspecified atom stereocenters. The molecule has 0 saturated heterocycles. The van der Waals surface area contributed by atoms with E-state index in [2.05, 4.69) is 0 Å². The maximum absolute atomic E-state index is 11.1. The SMILES string of the molecule is O=C(O)c1cccn1C1C2C3CCC(C3)C21. The zero-order valence-electron chi connectivity index (χ0n) is 9.04. The van der Waals surface area contributed by atoms with Crippen LogP contribution in [0, 0.1) is 23.7 Å². The smallest absolute Gasteiger partial charge is 0.352 e. The van der Waals surface area contributed by atoms with Crippen molar-refractivity contribution < 1.29 is 9.90 Å². The third-order valence-corrected chi connectivity index (χ3v) is 5.01. The molecule has 0 aromatic carbocycles. The van der Waals surface area contributed by atoms with Crippen molar-refractivity contribution in [3.63, 3.8) is 0 Å². The molecule has 3 aliphatic carbocycles. The van der Waals surface area contributed by atoms with E-state index in [4.69, 9.17) is 5.11 Å². The summed E-state index contributed by atoms with van der Waals surface area (Å²) < 4.78 is 2.02. The van der Waals surface area contributed by atoms with Gasteiger partial charge in [-0.05, 0) is 55.1 Å². The van der Waals surface area contributed by atoms with E-state index < -0.39 is 5.97 Å². The molecule has 0 aliphatic heterocycles. The molecule has 0 spiro atoms. The van der Waals surface area contributed by atoms with Gasteiger partial charge in [-0.3, -0.25) is 0 Å². The van der Waals surface area contributed by atoms with Crippen LogP contribution >= 0.6 is 0 Å². The summed E-state index contributed by atoms with van der Waals surface area (Å²) in [5, 5.41) is 9.12. The third-order valence-electron chi connectivity index (χ3n) is 5.01. The molecule has 3 fully saturated rings. The molecule has 84 valence electrons. The highest BCUT2D eigenvalue weighted by molar-refractivity contribution is 5.86. The normalized spacial score (nSPS) is 43.4. The molecule has 0 amide bonds. The van der Waals surface area contributed by atoms with Gasteiger partial charge < -0.3 is 9.67 Å². The minimum Gasteiger partial charge on any atom is -0.477 e. The van der Waals surface area contributed by atoms with Crippen LogP contribution in [0.25, 0.3) is 0 Å². The Bertz CT molecular complexity index is 448. The van der Waals surface area contributed by atoms with Gasteiger partial charge >= 0.3 is 5.97 Å². The Hall–Kier alpha value is -1.25. The Balaban J connectivity index is 1.69. The van der Waals surface area contributed by atoms with Gasteiger partial charge in [0, 0.05) is 12.2 Å². The first-order valence-electron chi connectivity index (χ1n) is 6.17. The molecule has 3 saturated carbocycles. The van der Waals surface area contributed by atoms with Crippen LogP contribution in [0.4, 0.5) is 0 Å². The number of hydrogen-bond acceptors (Lipinski definition) is 1. The molecule has 1 heterocycles. The maximum atomic E-state index is 11.1. The second kappa shape index (κ2) is 2.70. The minimum absolute atomic E-state index is 0.471. The van der Waals surface area contributed by atoms with Crippen LogP contribution in [-0.4, -0.2) is 15.6 Å². The van der Waals surface area contributed by atoms with Crippen molar-refractivity contribution in [3.8, 4) is 0 Å². The van der Waals surface area contributed by atoms with E-state index in [0.29, 0.717) is 11.7 Å². The molecule has 1 N–H and O–H groups in total. The van der Waals surface area contributed by atoms with Crippen LogP contribution in [0.15, 0.2) is 18.3 Å². The third kappa shape index (κ3) is 0.920. The van der Waals surface area contributed by atoms with E-state index in [1.54, 1.807) is 6.07 Å². The van der Waals surface area contributed by atoms with Crippen molar-refractivity contribution >= 4 is 5.97 Å². The Morgan fingerprint density at radius 2 is 2.00 bits per heavy atom. The largest absolute Gasteiger partial charge is 0.477 e. The van der Waals surface area contributed by atoms with E-state index in [9.17, 15) is 4.79 Å². The molecule has 3 heteroatoms. The van der Waals surface area contributed by atoms with Gasteiger partial charge in [0.25, 0.3) is 0 Å². The lowest BCUT2D eigenvalue weighted by molar-refractivity contribution is 0.0684. The number of aromatic carboxylic acids is 1. The first-order chi connectivity index (χ1) is 7.77. The predicted molar refractivity (Wildman–Crippen MR) is 58.2 cm³/mol. The van der Waals surface area contributed by atoms with Crippen molar-refractivity contribution in [2.45, 2.75) is 25.3 Å². The predicted octanol–water partition coefficient (Wildman–Crippen LogP) is 2.40. The van der Waals surface area contributed by atoms with Gasteiger partial charge in [0.05, 0.1) is 0 Å². The van der Waals surface area contributed by atoms with E-state index >= 15 is 0 Å². The molecule has 4 rings (SSSR count). The summed E-state index contributed by atoms with van der Waals surface area (Å²) in [6.45, 7) is 0. The number of rotatable bonds is 2. The van der Waals surface area contributed by atoms with Gasteiger partial charge in [-0.2, -0.15) is 0 Å². The minimum atomic E-state index is -0.790. The molecule has 3 aliphatic rings. The molecular formula is C13H15NO2. The van der Waals surface area contributed by atoms with Gasteiger partial charge in [-0.1, -0.05) is 0 Å². The van der Waals surface area contributed by atoms with Gasteiger partial charge in [-0.25, -0.2) is 4.79 Å². The first-order valence-corrected chi connectivity index (χ1v) is 6.17. The molecule has 1 aromatic heterocycles. The van der Waals surface area contributed by atoms with E-state index in [1.165, 1.54) is 19.3 Å². The lowest BCUT2D eigenvalue weighted by atomic mass is 10.0. The number of carboxylic acid groups (broad SMARTS) is 1. The molecule has 4 atom stereocenters. The average molecular weight is 217 g/mol. The van der Waals surface area contributed by atoms with Crippen LogP contribution in [0.2, 0.25) is 0 Å². The van der Waals surface area contributed by atoms with Crippen molar-refractivity contribution in [2.24, 2.45) is 23.7 Å². The fraction of sp³-hybridized carbons (Fsp3) is 0.615. The first kappa shape index (κ1) is 8.85. The number of nitrogens with zero attached hydrogens (tertiary/aromatic N) is 1. The standard InChI is InChI=1S/C13H15NO2/c15-13(16)9-2-1-5-14(9)12-10-7-3-4-8(6-7)11(10)12/h1-2,5,7-8,10-12H,3-4,6H2,(H,15,16). The zero-order valence-corrected chi connectivity index (χ0v) is 9.04. The highest BCUT2D eigenvalue weighted by atomic mass is 16.4. The fourth-order valence-electron chi connectivity index (χ4n) is 4.49. The van der Waals surface area contributed by atoms with Crippen molar-refractivity contribution in [1.82, 2.24) is 4.57 Å². The topological polar surface area (TPSA) is 42.2 Å². The second-order valence-electron chi connectivity index (χ2n) is 5.58. The molecule has 2 bridgehead atoms. The average Bonchev–Trinajstić information content (AvgIpc) is 2.74. The fourth-order valence-corrected chi connectivity index (χ4v) is 4.49. The summed E-state index contributed by atoms with van der Waals surface area (Å²) in [6.07, 6.45) is 6.12. The van der Waals surface area contributed by atoms with Crippen LogP contribution in [0.5, 0.6) is 0 Å². The molecule has 1 aromatic rings. The maximum Gasteiger partial charge on any atom is 0.352 e. The number of carbonyl (C=O) groups is 1. The van der Waals surface area contributed by atoms with Crippen LogP contribution < -0.4 is 0 Å². The van der Waals surface area contributed by atoms with Crippen molar-refractivity contribution in [3.05, 3.63) is 24.0 Å². The lowest BCUT2D eigenvalue weighted by Crippen LogP contribution is -2.10. The lowest BCUT2D eigenvalue weighted by Gasteiger charge is -2.11. The van der Waals surface area contributed by atoms with Crippen LogP contribution in [-0.2, 0) is 0 Å². The Labute approximate surface area is 94.1 Å². The number of carboxylic acids is 1. The summed E-state index contributed by atoms with van der Waals surface area (Å²) in [7, 11) is 0. The second-order valence-corrected chi connectivity index (χ2v) is 5.58. The van der Waals surface area contributed by atoms with Gasteiger partial charge in [0.15, 0.2) is 0 Å². The monoisotopic (exact) mass is 217 g/mol. The summed E-state index contributed by atoms with van der Waals surface area (Å²) >= 11 is 0. The highest BCUT2D eigenvalue weighted by Crippen LogP contribution is 2.71. The highest BCUT2D eigenvalue weighted by Gasteiger charge is 2.65. The Kier molecular flexibility index (Phi) is 1.50. The molecular weight excluding hydrogens is 202 g/mol. The summed E-state index contributed by atoms with van der Waals surface area (Å²) in [5.41, 5.74) is 0.471. The molecule has 16 heavy (non-hydrogen) atoms. The zero-order chi connectivity index (χ0) is 10.9. The van der Waals surface area contributed by atoms with Gasteiger partial charge in [-0.15, -0.1) is 0 Å². The van der Waals surface area contributed by atoms with Crippen molar-refractivity contribution in [2.75, 3.05) is 0 Å². The summed E-state index contributed by atoms with van der Waals surface area (Å²) in [4.78, 5) is 11.1. The molecule has 3 nitrogen and oxygen atoms in total. The number of aromatic nitrogens is 1. The summed E-state index contributed by atoms with van der Waals surface area (Å²) in [6, 6.07) is 4.09.